The van der Waals surface area contributed by atoms with E-state index in [-0.39, 0.29) is 54.0 Å². The van der Waals surface area contributed by atoms with E-state index in [1.807, 2.05) is 6.92 Å². The van der Waals surface area contributed by atoms with Gasteiger partial charge < -0.3 is 30.3 Å². The highest BCUT2D eigenvalue weighted by Gasteiger charge is 2.35. The Morgan fingerprint density at radius 1 is 1.16 bits per heavy atom. The number of urea groups is 1. The van der Waals surface area contributed by atoms with E-state index in [2.05, 4.69) is 20.6 Å². The zero-order valence-electron chi connectivity index (χ0n) is 23.6. The van der Waals surface area contributed by atoms with E-state index in [4.69, 9.17) is 4.74 Å². The number of hydrogen-bond donors (Lipinski definition) is 3. The number of aliphatic hydroxyl groups excluding tert-OH is 1. The fourth-order valence-electron chi connectivity index (χ4n) is 4.48. The summed E-state index contributed by atoms with van der Waals surface area (Å²) in [5, 5.41) is 15.1. The third-order valence-corrected chi connectivity index (χ3v) is 7.00. The minimum absolute atomic E-state index is 0.00898. The fourth-order valence-corrected chi connectivity index (χ4v) is 4.48. The normalized spacial score (nSPS) is 17.6. The number of aliphatic hydroxyl groups is 1. The van der Waals surface area contributed by atoms with Crippen molar-refractivity contribution in [3.05, 3.63) is 77.9 Å². The van der Waals surface area contributed by atoms with Crippen LogP contribution < -0.4 is 15.4 Å². The van der Waals surface area contributed by atoms with E-state index in [9.17, 15) is 32.7 Å². The molecule has 3 atom stereocenters. The Balaban J connectivity index is 1.61. The summed E-state index contributed by atoms with van der Waals surface area (Å²) >= 11 is 0. The van der Waals surface area contributed by atoms with Gasteiger partial charge in [0.15, 0.2) is 5.75 Å². The largest absolute Gasteiger partial charge is 0.485 e. The van der Waals surface area contributed by atoms with Crippen LogP contribution >= 0.6 is 0 Å². The number of aromatic nitrogens is 2. The molecular weight excluding hydrogens is 569 g/mol. The highest BCUT2D eigenvalue weighted by Crippen LogP contribution is 2.35. The van der Waals surface area contributed by atoms with Crippen molar-refractivity contribution in [3.8, 4) is 5.75 Å². The first-order chi connectivity index (χ1) is 20.4. The molecule has 0 fully saturated rings. The van der Waals surface area contributed by atoms with Crippen molar-refractivity contribution < 1.29 is 37.4 Å². The van der Waals surface area contributed by atoms with Crippen molar-refractivity contribution in [1.82, 2.24) is 19.8 Å². The molecular formula is C29H31F3N6O5. The Morgan fingerprint density at radius 3 is 2.51 bits per heavy atom. The van der Waals surface area contributed by atoms with Crippen LogP contribution in [0, 0.1) is 5.92 Å². The van der Waals surface area contributed by atoms with Crippen molar-refractivity contribution in [2.24, 2.45) is 5.92 Å². The Bertz CT molecular complexity index is 1460. The molecule has 4 rings (SSSR count). The molecule has 3 N–H and O–H groups in total. The summed E-state index contributed by atoms with van der Waals surface area (Å²) < 4.78 is 45.1. The maximum absolute atomic E-state index is 13.6. The second kappa shape index (κ2) is 13.1. The van der Waals surface area contributed by atoms with E-state index in [1.54, 1.807) is 25.1 Å². The summed E-state index contributed by atoms with van der Waals surface area (Å²) in [4.78, 5) is 50.2. The number of para-hydroxylation sites is 1. The zero-order chi connectivity index (χ0) is 31.3. The minimum Gasteiger partial charge on any atom is -0.485 e. The van der Waals surface area contributed by atoms with Crippen molar-refractivity contribution in [2.45, 2.75) is 32.2 Å². The number of hydrogen-bond acceptors (Lipinski definition) is 7. The van der Waals surface area contributed by atoms with E-state index >= 15 is 0 Å². The molecule has 0 unspecified atom stereocenters. The van der Waals surface area contributed by atoms with Gasteiger partial charge in [-0.25, -0.2) is 9.78 Å². The quantitative estimate of drug-likeness (QED) is 0.371. The summed E-state index contributed by atoms with van der Waals surface area (Å²) in [5.74, 6) is -1.28. The Morgan fingerprint density at radius 2 is 1.88 bits per heavy atom. The van der Waals surface area contributed by atoms with Gasteiger partial charge in [-0.15, -0.1) is 0 Å². The SMILES string of the molecule is C[C@@H]1CN([C@H](C)CO)C(=O)c2cccc(NC(=O)c3cnccn3)c2O[C@@H]1CN(C)C(=O)Nc1ccc(C(F)(F)F)cc1. The van der Waals surface area contributed by atoms with Gasteiger partial charge in [-0.2, -0.15) is 13.2 Å². The maximum atomic E-state index is 13.6. The molecule has 14 heteroatoms. The van der Waals surface area contributed by atoms with Crippen LogP contribution in [0.1, 0.15) is 40.3 Å². The van der Waals surface area contributed by atoms with Gasteiger partial charge in [-0.05, 0) is 43.3 Å². The minimum atomic E-state index is -4.50. The summed E-state index contributed by atoms with van der Waals surface area (Å²) in [6.45, 7) is 3.43. The standard InChI is InChI=1S/C29H31F3N6O5/c1-17-14-38(18(2)16-39)27(41)21-5-4-6-22(36-26(40)23-13-33-11-12-34-23)25(21)43-24(17)15-37(3)28(42)35-20-9-7-19(8-10-20)29(30,31)32/h4-13,17-18,24,39H,14-16H2,1-3H3,(H,35,42)(H,36,40)/t17-,18-,24-/m1/s1. The Hall–Kier alpha value is -4.72. The van der Waals surface area contributed by atoms with E-state index in [0.29, 0.717) is 0 Å². The number of alkyl halides is 3. The molecule has 1 aromatic heterocycles. The monoisotopic (exact) mass is 600 g/mol. The van der Waals surface area contributed by atoms with Gasteiger partial charge in [0.2, 0.25) is 0 Å². The molecule has 0 aliphatic carbocycles. The summed E-state index contributed by atoms with van der Waals surface area (Å²) in [7, 11) is 1.50. The number of rotatable bonds is 7. The van der Waals surface area contributed by atoms with Gasteiger partial charge in [0.1, 0.15) is 11.8 Å². The van der Waals surface area contributed by atoms with Crippen LogP contribution in [0.2, 0.25) is 0 Å². The molecule has 1 aliphatic rings. The van der Waals surface area contributed by atoms with Crippen LogP contribution in [0.25, 0.3) is 0 Å². The topological polar surface area (TPSA) is 137 Å². The Labute approximate surface area is 245 Å². The fraction of sp³-hybridized carbons (Fsp3) is 0.345. The number of likely N-dealkylation sites (N-methyl/N-ethyl adjacent to an activating group) is 1. The molecule has 43 heavy (non-hydrogen) atoms. The average molecular weight is 601 g/mol. The highest BCUT2D eigenvalue weighted by molar-refractivity contribution is 6.06. The van der Waals surface area contributed by atoms with E-state index < -0.39 is 41.7 Å². The molecule has 0 saturated heterocycles. The number of anilines is 2. The molecule has 0 spiro atoms. The second-order valence-electron chi connectivity index (χ2n) is 10.2. The van der Waals surface area contributed by atoms with Crippen LogP contribution in [-0.4, -0.2) is 81.6 Å². The smallest absolute Gasteiger partial charge is 0.416 e. The molecule has 0 saturated carbocycles. The molecule has 2 aromatic carbocycles. The van der Waals surface area contributed by atoms with Gasteiger partial charge in [0.25, 0.3) is 11.8 Å². The number of amides is 4. The van der Waals surface area contributed by atoms with Crippen LogP contribution in [0.4, 0.5) is 29.3 Å². The summed E-state index contributed by atoms with van der Waals surface area (Å²) in [6, 6.07) is 7.61. The Kier molecular flexibility index (Phi) is 9.49. The van der Waals surface area contributed by atoms with Gasteiger partial charge in [-0.3, -0.25) is 14.6 Å². The van der Waals surface area contributed by atoms with Crippen LogP contribution in [0.5, 0.6) is 5.75 Å². The van der Waals surface area contributed by atoms with E-state index in [0.717, 1.165) is 24.3 Å². The third-order valence-electron chi connectivity index (χ3n) is 7.00. The molecule has 0 bridgehead atoms. The summed E-state index contributed by atoms with van der Waals surface area (Å²) in [5.41, 5.74) is -0.297. The van der Waals surface area contributed by atoms with Crippen LogP contribution in [-0.2, 0) is 6.18 Å². The van der Waals surface area contributed by atoms with E-state index in [1.165, 1.54) is 35.4 Å². The van der Waals surface area contributed by atoms with Crippen molar-refractivity contribution in [1.29, 1.82) is 0 Å². The van der Waals surface area contributed by atoms with Crippen LogP contribution in [0.15, 0.2) is 61.1 Å². The number of nitrogens with zero attached hydrogens (tertiary/aromatic N) is 4. The zero-order valence-corrected chi connectivity index (χ0v) is 23.6. The molecule has 2 heterocycles. The number of halogens is 3. The maximum Gasteiger partial charge on any atom is 0.416 e. The number of nitrogens with one attached hydrogen (secondary N) is 2. The van der Waals surface area contributed by atoms with Crippen molar-refractivity contribution >= 4 is 29.2 Å². The number of carbonyl (C=O) groups excluding carboxylic acids is 3. The first kappa shape index (κ1) is 31.2. The number of fused-ring (bicyclic) bond motifs is 1. The summed E-state index contributed by atoms with van der Waals surface area (Å²) in [6.07, 6.45) is -1.14. The molecule has 3 aromatic rings. The lowest BCUT2D eigenvalue weighted by molar-refractivity contribution is -0.137. The predicted molar refractivity (Wildman–Crippen MR) is 151 cm³/mol. The van der Waals surface area contributed by atoms with Crippen LogP contribution in [0.3, 0.4) is 0 Å². The molecule has 1 aliphatic heterocycles. The molecule has 11 nitrogen and oxygen atoms in total. The average Bonchev–Trinajstić information content (AvgIpc) is 2.99. The lowest BCUT2D eigenvalue weighted by Crippen LogP contribution is -2.50. The lowest BCUT2D eigenvalue weighted by Gasteiger charge is -2.38. The van der Waals surface area contributed by atoms with Crippen molar-refractivity contribution in [3.63, 3.8) is 0 Å². The number of ether oxygens (including phenoxy) is 1. The lowest BCUT2D eigenvalue weighted by atomic mass is 9.99. The molecule has 228 valence electrons. The number of carbonyl (C=O) groups is 3. The van der Waals surface area contributed by atoms with Gasteiger partial charge >= 0.3 is 12.2 Å². The van der Waals surface area contributed by atoms with Gasteiger partial charge in [0, 0.05) is 37.6 Å². The highest BCUT2D eigenvalue weighted by atomic mass is 19.4. The molecule has 0 radical (unpaired) electrons. The van der Waals surface area contributed by atoms with Crippen molar-refractivity contribution in [2.75, 3.05) is 37.4 Å². The van der Waals surface area contributed by atoms with Gasteiger partial charge in [-0.1, -0.05) is 13.0 Å². The third kappa shape index (κ3) is 7.38. The first-order valence-electron chi connectivity index (χ1n) is 13.4. The molecule has 4 amide bonds. The first-order valence-corrected chi connectivity index (χ1v) is 13.4. The second-order valence-corrected chi connectivity index (χ2v) is 10.2. The predicted octanol–water partition coefficient (Wildman–Crippen LogP) is 4.13. The number of benzene rings is 2. The van der Waals surface area contributed by atoms with Gasteiger partial charge in [0.05, 0.1) is 42.2 Å².